The fourth-order valence-corrected chi connectivity index (χ4v) is 5.22. The number of methoxy groups -OCH3 is 2. The first kappa shape index (κ1) is 29.1. The van der Waals surface area contributed by atoms with Crippen molar-refractivity contribution < 1.29 is 28.4 Å². The highest BCUT2D eigenvalue weighted by molar-refractivity contribution is 6.10. The summed E-state index contributed by atoms with van der Waals surface area (Å²) in [5.74, 6) is 2.81. The molecule has 0 aliphatic heterocycles. The second-order valence-corrected chi connectivity index (χ2v) is 10.3. The van der Waals surface area contributed by atoms with Gasteiger partial charge in [-0.3, -0.25) is 0 Å². The molecule has 0 atom stereocenters. The second kappa shape index (κ2) is 14.0. The predicted molar refractivity (Wildman–Crippen MR) is 173 cm³/mol. The Labute approximate surface area is 257 Å². The highest BCUT2D eigenvalue weighted by Crippen LogP contribution is 2.47. The Morgan fingerprint density at radius 3 is 1.25 bits per heavy atom. The van der Waals surface area contributed by atoms with Crippen LogP contribution in [0.2, 0.25) is 0 Å². The molecule has 6 rings (SSSR count). The number of rotatable bonds is 13. The fraction of sp³-hybridized carbons (Fsp3) is 0.158. The summed E-state index contributed by atoms with van der Waals surface area (Å²) >= 11 is 0. The molecular formula is C38H34O6. The minimum Gasteiger partial charge on any atom is -0.489 e. The Balaban J connectivity index is 1.51. The largest absolute Gasteiger partial charge is 0.489 e. The first-order valence-corrected chi connectivity index (χ1v) is 14.4. The summed E-state index contributed by atoms with van der Waals surface area (Å²) in [4.78, 5) is 0. The lowest BCUT2D eigenvalue weighted by atomic mass is 9.92. The molecule has 222 valence electrons. The van der Waals surface area contributed by atoms with Crippen LogP contribution in [0.4, 0.5) is 0 Å². The Hall–Kier alpha value is -5.04. The van der Waals surface area contributed by atoms with Gasteiger partial charge in [0.05, 0.1) is 0 Å². The molecule has 0 N–H and O–H groups in total. The van der Waals surface area contributed by atoms with E-state index < -0.39 is 0 Å². The van der Waals surface area contributed by atoms with Crippen LogP contribution in [-0.2, 0) is 22.7 Å². The molecule has 0 saturated heterocycles. The van der Waals surface area contributed by atoms with E-state index >= 15 is 0 Å². The molecule has 6 aromatic rings. The average molecular weight is 587 g/mol. The molecule has 0 saturated carbocycles. The molecule has 0 fully saturated rings. The molecule has 0 heterocycles. The first-order valence-electron chi connectivity index (χ1n) is 14.4. The fourth-order valence-electron chi connectivity index (χ4n) is 5.22. The van der Waals surface area contributed by atoms with Gasteiger partial charge in [0.15, 0.2) is 13.6 Å². The number of fused-ring (bicyclic) bond motifs is 2. The summed E-state index contributed by atoms with van der Waals surface area (Å²) in [6, 6.07) is 40.5. The van der Waals surface area contributed by atoms with Crippen LogP contribution in [0.15, 0.2) is 121 Å². The highest BCUT2D eigenvalue weighted by atomic mass is 16.7. The average Bonchev–Trinajstić information content (AvgIpc) is 3.08. The molecule has 6 heteroatoms. The van der Waals surface area contributed by atoms with Crippen molar-refractivity contribution in [3.63, 3.8) is 0 Å². The van der Waals surface area contributed by atoms with Crippen LogP contribution in [0.3, 0.4) is 0 Å². The van der Waals surface area contributed by atoms with Gasteiger partial charge in [0.1, 0.15) is 36.2 Å². The van der Waals surface area contributed by atoms with Crippen molar-refractivity contribution in [1.29, 1.82) is 0 Å². The van der Waals surface area contributed by atoms with Crippen LogP contribution in [0.1, 0.15) is 11.1 Å². The van der Waals surface area contributed by atoms with Crippen molar-refractivity contribution in [2.75, 3.05) is 27.8 Å². The maximum Gasteiger partial charge on any atom is 0.188 e. The van der Waals surface area contributed by atoms with Gasteiger partial charge in [-0.25, -0.2) is 0 Å². The number of benzene rings is 6. The third-order valence-electron chi connectivity index (χ3n) is 7.32. The van der Waals surface area contributed by atoms with Crippen molar-refractivity contribution in [3.8, 4) is 34.1 Å². The van der Waals surface area contributed by atoms with Crippen molar-refractivity contribution in [2.24, 2.45) is 0 Å². The predicted octanol–water partition coefficient (Wildman–Crippen LogP) is 8.78. The molecule has 0 radical (unpaired) electrons. The van der Waals surface area contributed by atoms with E-state index in [1.807, 2.05) is 72.8 Å². The Bertz CT molecular complexity index is 1700. The Morgan fingerprint density at radius 2 is 0.841 bits per heavy atom. The van der Waals surface area contributed by atoms with Crippen molar-refractivity contribution in [1.82, 2.24) is 0 Å². The standard InChI is InChI=1S/C38H34O6/c1-39-25-43-35-19-15-29-13-17-31(41-23-27-9-5-3-6-10-27)21-33(29)37(35)38-34-22-32(42-24-28-11-7-4-8-12-28)18-14-30(34)16-20-36(38)44-26-40-2/h3-22H,23-26H2,1-2H3. The molecule has 0 unspecified atom stereocenters. The van der Waals surface area contributed by atoms with Crippen LogP contribution in [0.5, 0.6) is 23.0 Å². The van der Waals surface area contributed by atoms with Gasteiger partial charge < -0.3 is 28.4 Å². The minimum atomic E-state index is 0.0904. The van der Waals surface area contributed by atoms with Crippen molar-refractivity contribution in [2.45, 2.75) is 13.2 Å². The van der Waals surface area contributed by atoms with Gasteiger partial charge in [0, 0.05) is 25.3 Å². The monoisotopic (exact) mass is 586 g/mol. The van der Waals surface area contributed by atoms with Crippen molar-refractivity contribution >= 4 is 21.5 Å². The maximum absolute atomic E-state index is 6.25. The lowest BCUT2D eigenvalue weighted by molar-refractivity contribution is 0.0502. The van der Waals surface area contributed by atoms with Gasteiger partial charge in [-0.1, -0.05) is 84.9 Å². The highest BCUT2D eigenvalue weighted by Gasteiger charge is 2.20. The summed E-state index contributed by atoms with van der Waals surface area (Å²) in [5, 5.41) is 3.97. The van der Waals surface area contributed by atoms with Crippen LogP contribution >= 0.6 is 0 Å². The summed E-state index contributed by atoms with van der Waals surface area (Å²) in [7, 11) is 3.22. The molecule has 44 heavy (non-hydrogen) atoms. The van der Waals surface area contributed by atoms with E-state index in [4.69, 9.17) is 28.4 Å². The van der Waals surface area contributed by atoms with E-state index in [1.54, 1.807) is 14.2 Å². The zero-order valence-electron chi connectivity index (χ0n) is 24.8. The molecule has 0 amide bonds. The van der Waals surface area contributed by atoms with Crippen LogP contribution in [-0.4, -0.2) is 27.8 Å². The van der Waals surface area contributed by atoms with E-state index in [0.717, 1.165) is 55.3 Å². The number of ether oxygens (including phenoxy) is 6. The van der Waals surface area contributed by atoms with Gasteiger partial charge in [-0.05, 0) is 69.1 Å². The second-order valence-electron chi connectivity index (χ2n) is 10.3. The lowest BCUT2D eigenvalue weighted by Gasteiger charge is -2.20. The summed E-state index contributed by atoms with van der Waals surface area (Å²) in [6.07, 6.45) is 0. The van der Waals surface area contributed by atoms with Gasteiger partial charge >= 0.3 is 0 Å². The van der Waals surface area contributed by atoms with E-state index in [9.17, 15) is 0 Å². The van der Waals surface area contributed by atoms with E-state index in [0.29, 0.717) is 24.7 Å². The maximum atomic E-state index is 6.25. The lowest BCUT2D eigenvalue weighted by Crippen LogP contribution is -2.04. The quantitative estimate of drug-likeness (QED) is 0.126. The van der Waals surface area contributed by atoms with Crippen LogP contribution in [0.25, 0.3) is 32.7 Å². The Kier molecular flexibility index (Phi) is 9.21. The van der Waals surface area contributed by atoms with Crippen LogP contribution < -0.4 is 18.9 Å². The third kappa shape index (κ3) is 6.62. The number of hydrogen-bond acceptors (Lipinski definition) is 6. The molecule has 0 bridgehead atoms. The van der Waals surface area contributed by atoms with E-state index in [-0.39, 0.29) is 13.6 Å². The summed E-state index contributed by atoms with van der Waals surface area (Å²) in [6.45, 7) is 1.10. The molecule has 0 aliphatic rings. The molecule has 6 aromatic carbocycles. The van der Waals surface area contributed by atoms with Gasteiger partial charge in [0.25, 0.3) is 0 Å². The summed E-state index contributed by atoms with van der Waals surface area (Å²) < 4.78 is 35.5. The van der Waals surface area contributed by atoms with E-state index in [2.05, 4.69) is 48.5 Å². The van der Waals surface area contributed by atoms with Crippen molar-refractivity contribution in [3.05, 3.63) is 132 Å². The zero-order valence-corrected chi connectivity index (χ0v) is 24.8. The van der Waals surface area contributed by atoms with E-state index in [1.165, 1.54) is 0 Å². The normalized spacial score (nSPS) is 11.0. The molecule has 0 aliphatic carbocycles. The van der Waals surface area contributed by atoms with Gasteiger partial charge in [0.2, 0.25) is 0 Å². The Morgan fingerprint density at radius 1 is 0.432 bits per heavy atom. The third-order valence-corrected chi connectivity index (χ3v) is 7.32. The minimum absolute atomic E-state index is 0.0904. The zero-order chi connectivity index (χ0) is 30.1. The van der Waals surface area contributed by atoms with Crippen LogP contribution in [0, 0.1) is 0 Å². The molecular weight excluding hydrogens is 552 g/mol. The molecule has 0 aromatic heterocycles. The summed E-state index contributed by atoms with van der Waals surface area (Å²) in [5.41, 5.74) is 3.91. The topological polar surface area (TPSA) is 55.4 Å². The first-order chi connectivity index (χ1) is 21.7. The molecule has 0 spiro atoms. The smallest absolute Gasteiger partial charge is 0.188 e. The molecule has 6 nitrogen and oxygen atoms in total. The number of hydrogen-bond donors (Lipinski definition) is 0. The van der Waals surface area contributed by atoms with Gasteiger partial charge in [-0.15, -0.1) is 0 Å². The van der Waals surface area contributed by atoms with Gasteiger partial charge in [-0.2, -0.15) is 0 Å². The SMILES string of the molecule is COCOc1ccc2ccc(OCc3ccccc3)cc2c1-c1c(OCOC)ccc2ccc(OCc3ccccc3)cc12.